The molecule has 1 aromatic rings. The van der Waals surface area contributed by atoms with Crippen molar-refractivity contribution in [2.24, 2.45) is 5.92 Å². The van der Waals surface area contributed by atoms with Crippen LogP contribution in [0.2, 0.25) is 0 Å². The van der Waals surface area contributed by atoms with Gasteiger partial charge in [0, 0.05) is 24.3 Å². The number of benzene rings is 1. The van der Waals surface area contributed by atoms with Crippen molar-refractivity contribution < 1.29 is 19.8 Å². The number of carbonyl (C=O) groups excluding carboxylic acids is 1. The minimum atomic E-state index is -0.863. The van der Waals surface area contributed by atoms with Crippen LogP contribution < -0.4 is 10.2 Å². The second-order valence-corrected chi connectivity index (χ2v) is 5.20. The largest absolute Gasteiger partial charge is 0.508 e. The van der Waals surface area contributed by atoms with Crippen LogP contribution in [0.5, 0.6) is 5.75 Å². The summed E-state index contributed by atoms with van der Waals surface area (Å²) < 4.78 is 0. The first-order valence-electron chi connectivity index (χ1n) is 7.12. The topological polar surface area (TPSA) is 89.9 Å². The third kappa shape index (κ3) is 3.45. The second kappa shape index (κ2) is 6.47. The van der Waals surface area contributed by atoms with Crippen LogP contribution >= 0.6 is 0 Å². The van der Waals surface area contributed by atoms with Gasteiger partial charge in [-0.3, -0.25) is 9.69 Å². The molecule has 1 aliphatic carbocycles. The lowest BCUT2D eigenvalue weighted by Crippen LogP contribution is -2.47. The molecule has 3 N–H and O–H groups in total. The second-order valence-electron chi connectivity index (χ2n) is 5.20. The van der Waals surface area contributed by atoms with Crippen molar-refractivity contribution in [3.63, 3.8) is 0 Å². The van der Waals surface area contributed by atoms with E-state index in [9.17, 15) is 14.7 Å². The molecule has 0 heterocycles. The van der Waals surface area contributed by atoms with Crippen LogP contribution in [0, 0.1) is 5.92 Å². The number of amides is 2. The molecule has 6 nitrogen and oxygen atoms in total. The lowest BCUT2D eigenvalue weighted by molar-refractivity contribution is -0.142. The van der Waals surface area contributed by atoms with Crippen LogP contribution in [0.15, 0.2) is 24.3 Å². The van der Waals surface area contributed by atoms with Crippen molar-refractivity contribution in [1.29, 1.82) is 0 Å². The van der Waals surface area contributed by atoms with Gasteiger partial charge in [0.2, 0.25) is 0 Å². The van der Waals surface area contributed by atoms with E-state index in [0.29, 0.717) is 25.1 Å². The first-order valence-corrected chi connectivity index (χ1v) is 7.12. The van der Waals surface area contributed by atoms with Gasteiger partial charge >= 0.3 is 12.0 Å². The van der Waals surface area contributed by atoms with E-state index < -0.39 is 11.9 Å². The molecule has 2 unspecified atom stereocenters. The number of urea groups is 1. The number of phenols is 1. The van der Waals surface area contributed by atoms with Gasteiger partial charge in [0.15, 0.2) is 0 Å². The predicted octanol–water partition coefficient (Wildman–Crippen LogP) is 2.18. The van der Waals surface area contributed by atoms with Crippen LogP contribution in [0.3, 0.4) is 0 Å². The van der Waals surface area contributed by atoms with E-state index in [4.69, 9.17) is 5.11 Å². The fourth-order valence-electron chi connectivity index (χ4n) is 2.77. The Hall–Kier alpha value is -2.24. The standard InChI is InChI=1S/C15H20N2O4/c1-2-17(10-5-3-6-11(18)9-10)15(21)16-13-8-4-7-12(13)14(19)20/h3,5-6,9,12-13,18H,2,4,7-8H2,1H3,(H,16,21)(H,19,20). The average Bonchev–Trinajstić information content (AvgIpc) is 2.88. The zero-order chi connectivity index (χ0) is 15.4. The maximum atomic E-state index is 12.4. The first kappa shape index (κ1) is 15.2. The number of nitrogens with one attached hydrogen (secondary N) is 1. The van der Waals surface area contributed by atoms with E-state index in [1.807, 2.05) is 6.92 Å². The van der Waals surface area contributed by atoms with Gasteiger partial charge in [-0.1, -0.05) is 12.5 Å². The SMILES string of the molecule is CCN(C(=O)NC1CCCC1C(=O)O)c1cccc(O)c1. The number of nitrogens with zero attached hydrogens (tertiary/aromatic N) is 1. The Bertz CT molecular complexity index is 532. The molecule has 1 aromatic carbocycles. The molecular formula is C15H20N2O4. The molecule has 2 amide bonds. The van der Waals surface area contributed by atoms with Crippen molar-refractivity contribution >= 4 is 17.7 Å². The van der Waals surface area contributed by atoms with Gasteiger partial charge in [-0.2, -0.15) is 0 Å². The van der Waals surface area contributed by atoms with Crippen LogP contribution in [0.25, 0.3) is 0 Å². The third-order valence-corrected chi connectivity index (χ3v) is 3.84. The third-order valence-electron chi connectivity index (χ3n) is 3.84. The van der Waals surface area contributed by atoms with Gasteiger partial charge in [-0.05, 0) is 31.9 Å². The zero-order valence-electron chi connectivity index (χ0n) is 12.0. The lowest BCUT2D eigenvalue weighted by Gasteiger charge is -2.25. The summed E-state index contributed by atoms with van der Waals surface area (Å²) in [4.78, 5) is 25.0. The van der Waals surface area contributed by atoms with Gasteiger partial charge in [-0.15, -0.1) is 0 Å². The quantitative estimate of drug-likeness (QED) is 0.793. The van der Waals surface area contributed by atoms with Crippen molar-refractivity contribution in [2.45, 2.75) is 32.2 Å². The Morgan fingerprint density at radius 2 is 2.14 bits per heavy atom. The fourth-order valence-corrected chi connectivity index (χ4v) is 2.77. The maximum Gasteiger partial charge on any atom is 0.322 e. The highest BCUT2D eigenvalue weighted by Crippen LogP contribution is 2.27. The Morgan fingerprint density at radius 1 is 1.38 bits per heavy atom. The summed E-state index contributed by atoms with van der Waals surface area (Å²) in [6, 6.07) is 5.77. The van der Waals surface area contributed by atoms with Crippen LogP contribution in [-0.4, -0.2) is 34.8 Å². The fraction of sp³-hybridized carbons (Fsp3) is 0.467. The summed E-state index contributed by atoms with van der Waals surface area (Å²) in [6.07, 6.45) is 2.08. The van der Waals surface area contributed by atoms with Gasteiger partial charge < -0.3 is 15.5 Å². The minimum absolute atomic E-state index is 0.0861. The molecule has 1 fully saturated rings. The molecule has 2 atom stereocenters. The lowest BCUT2D eigenvalue weighted by atomic mass is 10.0. The highest BCUT2D eigenvalue weighted by atomic mass is 16.4. The molecule has 6 heteroatoms. The van der Waals surface area contributed by atoms with E-state index in [0.717, 1.165) is 6.42 Å². The molecule has 0 aliphatic heterocycles. The number of phenolic OH excluding ortho intramolecular Hbond substituents is 1. The Kier molecular flexibility index (Phi) is 4.67. The average molecular weight is 292 g/mol. The van der Waals surface area contributed by atoms with E-state index in [-0.39, 0.29) is 17.8 Å². The molecule has 0 radical (unpaired) electrons. The van der Waals surface area contributed by atoms with Gasteiger partial charge in [0.25, 0.3) is 0 Å². The van der Waals surface area contributed by atoms with E-state index >= 15 is 0 Å². The summed E-state index contributed by atoms with van der Waals surface area (Å²) in [6.45, 7) is 2.26. The smallest absolute Gasteiger partial charge is 0.322 e. The predicted molar refractivity (Wildman–Crippen MR) is 78.4 cm³/mol. The number of hydrogen-bond donors (Lipinski definition) is 3. The first-order chi connectivity index (χ1) is 10.0. The number of carboxylic acids is 1. The summed E-state index contributed by atoms with van der Waals surface area (Å²) in [7, 11) is 0. The van der Waals surface area contributed by atoms with Crippen molar-refractivity contribution in [3.8, 4) is 5.75 Å². The number of anilines is 1. The van der Waals surface area contributed by atoms with Crippen molar-refractivity contribution in [2.75, 3.05) is 11.4 Å². The van der Waals surface area contributed by atoms with Crippen LogP contribution in [0.1, 0.15) is 26.2 Å². The number of carbonyl (C=O) groups is 2. The van der Waals surface area contributed by atoms with Crippen LogP contribution in [0.4, 0.5) is 10.5 Å². The molecule has 1 saturated carbocycles. The highest BCUT2D eigenvalue weighted by molar-refractivity contribution is 5.92. The van der Waals surface area contributed by atoms with Crippen molar-refractivity contribution in [3.05, 3.63) is 24.3 Å². The number of aliphatic carboxylic acids is 1. The monoisotopic (exact) mass is 292 g/mol. The van der Waals surface area contributed by atoms with E-state index in [2.05, 4.69) is 5.32 Å². The maximum absolute atomic E-state index is 12.4. The summed E-state index contributed by atoms with van der Waals surface area (Å²) in [5.74, 6) is -1.29. The van der Waals surface area contributed by atoms with E-state index in [1.165, 1.54) is 17.0 Å². The molecule has 0 spiro atoms. The molecule has 114 valence electrons. The normalized spacial score (nSPS) is 21.0. The molecule has 1 aliphatic rings. The number of aromatic hydroxyl groups is 1. The molecule has 2 rings (SSSR count). The molecule has 21 heavy (non-hydrogen) atoms. The Morgan fingerprint density at radius 3 is 2.76 bits per heavy atom. The van der Waals surface area contributed by atoms with Gasteiger partial charge in [0.05, 0.1) is 5.92 Å². The molecule has 0 bridgehead atoms. The molecule has 0 aromatic heterocycles. The molecule has 0 saturated heterocycles. The molecular weight excluding hydrogens is 272 g/mol. The minimum Gasteiger partial charge on any atom is -0.508 e. The number of rotatable bonds is 4. The highest BCUT2D eigenvalue weighted by Gasteiger charge is 2.34. The zero-order valence-corrected chi connectivity index (χ0v) is 12.0. The summed E-state index contributed by atoms with van der Waals surface area (Å²) in [5, 5.41) is 21.5. The van der Waals surface area contributed by atoms with Crippen LogP contribution in [-0.2, 0) is 4.79 Å². The van der Waals surface area contributed by atoms with Crippen molar-refractivity contribution in [1.82, 2.24) is 5.32 Å². The summed E-state index contributed by atoms with van der Waals surface area (Å²) >= 11 is 0. The van der Waals surface area contributed by atoms with E-state index in [1.54, 1.807) is 12.1 Å². The number of carboxylic acid groups (broad SMARTS) is 1. The number of hydrogen-bond acceptors (Lipinski definition) is 3. The summed E-state index contributed by atoms with van der Waals surface area (Å²) in [5.41, 5.74) is 0.583. The Labute approximate surface area is 123 Å². The van der Waals surface area contributed by atoms with Gasteiger partial charge in [-0.25, -0.2) is 4.79 Å². The Balaban J connectivity index is 2.09. The van der Waals surface area contributed by atoms with Gasteiger partial charge in [0.1, 0.15) is 5.75 Å².